The summed E-state index contributed by atoms with van der Waals surface area (Å²) in [7, 11) is 0. The van der Waals surface area contributed by atoms with Crippen molar-refractivity contribution in [2.24, 2.45) is 11.3 Å². The van der Waals surface area contributed by atoms with E-state index in [1.165, 1.54) is 51.4 Å². The number of piperidine rings is 1. The third kappa shape index (κ3) is 3.03. The zero-order valence-corrected chi connectivity index (χ0v) is 15.1. The molecule has 0 aromatic rings. The average Bonchev–Trinajstić information content (AvgIpc) is 3.21. The van der Waals surface area contributed by atoms with Crippen molar-refractivity contribution < 1.29 is 4.79 Å². The number of thioether (sulfide) groups is 1. The van der Waals surface area contributed by atoms with E-state index in [9.17, 15) is 4.79 Å². The summed E-state index contributed by atoms with van der Waals surface area (Å²) in [6.07, 6.45) is 10.4. The number of halogens is 1. The van der Waals surface area contributed by atoms with Crippen molar-refractivity contribution >= 4 is 30.1 Å². The predicted molar refractivity (Wildman–Crippen MR) is 94.7 cm³/mol. The molecule has 0 aromatic heterocycles. The molecule has 4 aliphatic rings. The maximum atomic E-state index is 13.0. The fourth-order valence-electron chi connectivity index (χ4n) is 4.93. The standard InChI is InChI=1S/C17H28N2OS.ClH/c20-15(14-12-16(14)6-8-18-9-7-16)19-10-11-21-17(13-19)4-2-1-3-5-17;/h14,18H,1-13H2;1H. The molecule has 22 heavy (non-hydrogen) atoms. The van der Waals surface area contributed by atoms with Gasteiger partial charge in [-0.05, 0) is 50.6 Å². The number of hydrogen-bond acceptors (Lipinski definition) is 3. The number of rotatable bonds is 1. The lowest BCUT2D eigenvalue weighted by Gasteiger charge is -2.45. The summed E-state index contributed by atoms with van der Waals surface area (Å²) in [5, 5.41) is 3.44. The predicted octanol–water partition coefficient (Wildman–Crippen LogP) is 3.08. The molecule has 4 rings (SSSR count). The lowest BCUT2D eigenvalue weighted by Crippen LogP contribution is -2.50. The second-order valence-electron chi connectivity index (χ2n) is 7.72. The highest BCUT2D eigenvalue weighted by molar-refractivity contribution is 8.00. The molecule has 3 nitrogen and oxygen atoms in total. The Morgan fingerprint density at radius 2 is 1.82 bits per heavy atom. The molecule has 2 aliphatic carbocycles. The van der Waals surface area contributed by atoms with E-state index >= 15 is 0 Å². The van der Waals surface area contributed by atoms with Crippen LogP contribution in [0.15, 0.2) is 0 Å². The van der Waals surface area contributed by atoms with Crippen molar-refractivity contribution in [3.8, 4) is 0 Å². The Kier molecular flexibility index (Phi) is 5.01. The van der Waals surface area contributed by atoms with Crippen LogP contribution < -0.4 is 5.32 Å². The van der Waals surface area contributed by atoms with E-state index in [1.54, 1.807) is 0 Å². The Hall–Kier alpha value is 0.0700. The largest absolute Gasteiger partial charge is 0.340 e. The second kappa shape index (κ2) is 6.52. The number of carbonyl (C=O) groups is 1. The fourth-order valence-corrected chi connectivity index (χ4v) is 6.50. The molecule has 2 aliphatic heterocycles. The number of hydrogen-bond donors (Lipinski definition) is 1. The van der Waals surface area contributed by atoms with Gasteiger partial charge in [0.25, 0.3) is 0 Å². The second-order valence-corrected chi connectivity index (χ2v) is 9.28. The van der Waals surface area contributed by atoms with E-state index in [2.05, 4.69) is 22.0 Å². The first-order valence-corrected chi connectivity index (χ1v) is 9.85. The van der Waals surface area contributed by atoms with Crippen LogP contribution in [0, 0.1) is 11.3 Å². The molecule has 1 amide bonds. The van der Waals surface area contributed by atoms with Crippen LogP contribution in [0.25, 0.3) is 0 Å². The molecule has 2 saturated heterocycles. The number of carbonyl (C=O) groups excluding carboxylic acids is 1. The van der Waals surface area contributed by atoms with Crippen LogP contribution in [0.4, 0.5) is 0 Å². The third-order valence-electron chi connectivity index (χ3n) is 6.41. The molecular weight excluding hydrogens is 316 g/mol. The van der Waals surface area contributed by atoms with E-state index in [0.29, 0.717) is 22.0 Å². The topological polar surface area (TPSA) is 32.3 Å². The zero-order valence-electron chi connectivity index (χ0n) is 13.4. The molecule has 0 bridgehead atoms. The molecule has 0 radical (unpaired) electrons. The highest BCUT2D eigenvalue weighted by Gasteiger charge is 2.59. The summed E-state index contributed by atoms with van der Waals surface area (Å²) in [4.78, 5) is 15.2. The van der Waals surface area contributed by atoms with Gasteiger partial charge in [0, 0.05) is 29.5 Å². The Morgan fingerprint density at radius 3 is 2.55 bits per heavy atom. The molecule has 2 saturated carbocycles. The molecule has 1 unspecified atom stereocenters. The van der Waals surface area contributed by atoms with Gasteiger partial charge >= 0.3 is 0 Å². The number of nitrogens with one attached hydrogen (secondary N) is 1. The zero-order chi connectivity index (χ0) is 14.3. The van der Waals surface area contributed by atoms with Gasteiger partial charge in [-0.1, -0.05) is 19.3 Å². The van der Waals surface area contributed by atoms with Crippen LogP contribution in [-0.2, 0) is 4.79 Å². The van der Waals surface area contributed by atoms with Gasteiger partial charge in [0.2, 0.25) is 5.91 Å². The Balaban J connectivity index is 0.00000144. The normalized spacial score (nSPS) is 32.5. The first kappa shape index (κ1) is 16.9. The van der Waals surface area contributed by atoms with E-state index < -0.39 is 0 Å². The van der Waals surface area contributed by atoms with Gasteiger partial charge in [-0.3, -0.25) is 4.79 Å². The van der Waals surface area contributed by atoms with Crippen LogP contribution in [0.5, 0.6) is 0 Å². The van der Waals surface area contributed by atoms with Crippen molar-refractivity contribution in [1.82, 2.24) is 10.2 Å². The van der Waals surface area contributed by atoms with Gasteiger partial charge < -0.3 is 10.2 Å². The van der Waals surface area contributed by atoms with Crippen molar-refractivity contribution in [3.05, 3.63) is 0 Å². The van der Waals surface area contributed by atoms with Crippen molar-refractivity contribution in [2.45, 2.75) is 56.1 Å². The lowest BCUT2D eigenvalue weighted by atomic mass is 9.87. The summed E-state index contributed by atoms with van der Waals surface area (Å²) >= 11 is 2.16. The van der Waals surface area contributed by atoms with Gasteiger partial charge in [0.05, 0.1) is 0 Å². The van der Waals surface area contributed by atoms with E-state index in [1.807, 2.05) is 0 Å². The van der Waals surface area contributed by atoms with Gasteiger partial charge in [-0.15, -0.1) is 12.4 Å². The monoisotopic (exact) mass is 344 g/mol. The molecule has 4 fully saturated rings. The van der Waals surface area contributed by atoms with Crippen molar-refractivity contribution in [2.75, 3.05) is 31.9 Å². The highest BCUT2D eigenvalue weighted by Crippen LogP contribution is 2.59. The highest BCUT2D eigenvalue weighted by atomic mass is 35.5. The lowest BCUT2D eigenvalue weighted by molar-refractivity contribution is -0.134. The van der Waals surface area contributed by atoms with Crippen LogP contribution in [0.1, 0.15) is 51.4 Å². The minimum atomic E-state index is 0. The smallest absolute Gasteiger partial charge is 0.226 e. The summed E-state index contributed by atoms with van der Waals surface area (Å²) in [6.45, 7) is 4.27. The molecule has 2 spiro atoms. The first-order valence-electron chi connectivity index (χ1n) is 8.87. The molecule has 1 N–H and O–H groups in total. The fraction of sp³-hybridized carbons (Fsp3) is 0.941. The number of amides is 1. The Bertz CT molecular complexity index is 413. The summed E-state index contributed by atoms with van der Waals surface area (Å²) < 4.78 is 0.419. The van der Waals surface area contributed by atoms with Crippen LogP contribution >= 0.6 is 24.2 Å². The Morgan fingerprint density at radius 1 is 1.09 bits per heavy atom. The SMILES string of the molecule is Cl.O=C(C1CC12CCNCC2)N1CCSC2(CCCCC2)C1. The van der Waals surface area contributed by atoms with Crippen LogP contribution in [-0.4, -0.2) is 47.5 Å². The quantitative estimate of drug-likeness (QED) is 0.793. The average molecular weight is 345 g/mol. The van der Waals surface area contributed by atoms with Gasteiger partial charge in [0.1, 0.15) is 0 Å². The van der Waals surface area contributed by atoms with Crippen molar-refractivity contribution in [3.63, 3.8) is 0 Å². The molecule has 5 heteroatoms. The van der Waals surface area contributed by atoms with Gasteiger partial charge in [-0.25, -0.2) is 0 Å². The molecular formula is C17H29ClN2OS. The van der Waals surface area contributed by atoms with Crippen LogP contribution in [0.2, 0.25) is 0 Å². The third-order valence-corrected chi connectivity index (χ3v) is 7.95. The summed E-state index contributed by atoms with van der Waals surface area (Å²) in [5.41, 5.74) is 0.395. The Labute approximate surface area is 144 Å². The maximum absolute atomic E-state index is 13.0. The summed E-state index contributed by atoms with van der Waals surface area (Å²) in [6, 6.07) is 0. The van der Waals surface area contributed by atoms with E-state index in [-0.39, 0.29) is 12.4 Å². The maximum Gasteiger partial charge on any atom is 0.226 e. The molecule has 0 aromatic carbocycles. The number of nitrogens with zero attached hydrogens (tertiary/aromatic N) is 1. The minimum absolute atomic E-state index is 0. The van der Waals surface area contributed by atoms with Crippen LogP contribution in [0.3, 0.4) is 0 Å². The molecule has 126 valence electrons. The van der Waals surface area contributed by atoms with E-state index in [4.69, 9.17) is 0 Å². The molecule has 1 atom stereocenters. The van der Waals surface area contributed by atoms with Crippen molar-refractivity contribution in [1.29, 1.82) is 0 Å². The molecule has 2 heterocycles. The van der Waals surface area contributed by atoms with Gasteiger partial charge in [0.15, 0.2) is 0 Å². The summed E-state index contributed by atoms with van der Waals surface area (Å²) in [5.74, 6) is 2.03. The van der Waals surface area contributed by atoms with E-state index in [0.717, 1.165) is 31.9 Å². The van der Waals surface area contributed by atoms with Gasteiger partial charge in [-0.2, -0.15) is 11.8 Å². The first-order chi connectivity index (χ1) is 10.2. The minimum Gasteiger partial charge on any atom is -0.340 e.